The molecule has 1 fully saturated rings. The van der Waals surface area contributed by atoms with Crippen LogP contribution in [0.4, 0.5) is 11.4 Å². The van der Waals surface area contributed by atoms with Crippen LogP contribution in [-0.4, -0.2) is 39.0 Å². The predicted molar refractivity (Wildman–Crippen MR) is 114 cm³/mol. The lowest BCUT2D eigenvalue weighted by Gasteiger charge is -2.30. The molecule has 31 heavy (non-hydrogen) atoms. The zero-order valence-corrected chi connectivity index (χ0v) is 17.3. The molecule has 1 N–H and O–H groups in total. The number of aromatic nitrogens is 2. The standard InChI is InChI=1S/C21H20ClN5O4/c22-17-7-6-16(27(29)30)12-18(17)23-21(28)15-8-10-26(11-9-15)13-19-24-20(25-31-19)14-4-2-1-3-5-14/h1-7,12,15H,8-11,13H2,(H,23,28). The summed E-state index contributed by atoms with van der Waals surface area (Å²) in [5.74, 6) is 0.698. The Morgan fingerprint density at radius 3 is 2.68 bits per heavy atom. The largest absolute Gasteiger partial charge is 0.338 e. The number of hydrogen-bond donors (Lipinski definition) is 1. The van der Waals surface area contributed by atoms with Crippen molar-refractivity contribution in [1.29, 1.82) is 0 Å². The molecule has 1 aliphatic heterocycles. The van der Waals surface area contributed by atoms with E-state index >= 15 is 0 Å². The number of hydrogen-bond acceptors (Lipinski definition) is 7. The lowest BCUT2D eigenvalue weighted by Crippen LogP contribution is -2.37. The fourth-order valence-corrected chi connectivity index (χ4v) is 3.69. The van der Waals surface area contributed by atoms with E-state index in [4.69, 9.17) is 16.1 Å². The van der Waals surface area contributed by atoms with Crippen LogP contribution in [0.15, 0.2) is 53.1 Å². The number of rotatable bonds is 6. The van der Waals surface area contributed by atoms with Crippen LogP contribution in [0.2, 0.25) is 5.02 Å². The zero-order chi connectivity index (χ0) is 21.8. The van der Waals surface area contributed by atoms with Crippen molar-refractivity contribution in [3.8, 4) is 11.4 Å². The van der Waals surface area contributed by atoms with Crippen molar-refractivity contribution in [3.63, 3.8) is 0 Å². The van der Waals surface area contributed by atoms with Gasteiger partial charge in [-0.1, -0.05) is 47.1 Å². The van der Waals surface area contributed by atoms with Gasteiger partial charge >= 0.3 is 0 Å². The number of amides is 1. The van der Waals surface area contributed by atoms with E-state index in [1.807, 2.05) is 30.3 Å². The highest BCUT2D eigenvalue weighted by Gasteiger charge is 2.27. The summed E-state index contributed by atoms with van der Waals surface area (Å²) >= 11 is 6.07. The molecule has 1 amide bonds. The van der Waals surface area contributed by atoms with Crippen LogP contribution in [0.1, 0.15) is 18.7 Å². The fourth-order valence-electron chi connectivity index (χ4n) is 3.53. The Kier molecular flexibility index (Phi) is 6.24. The predicted octanol–water partition coefficient (Wildman–Crippen LogP) is 4.15. The number of non-ortho nitro benzene ring substituents is 1. The molecular formula is C21H20ClN5O4. The Labute approximate surface area is 183 Å². The molecule has 0 unspecified atom stereocenters. The maximum absolute atomic E-state index is 12.6. The minimum Gasteiger partial charge on any atom is -0.338 e. The molecule has 1 saturated heterocycles. The van der Waals surface area contributed by atoms with Crippen molar-refractivity contribution >= 4 is 28.9 Å². The van der Waals surface area contributed by atoms with Crippen molar-refractivity contribution < 1.29 is 14.2 Å². The molecule has 0 bridgehead atoms. The van der Waals surface area contributed by atoms with Gasteiger partial charge in [-0.2, -0.15) is 4.98 Å². The van der Waals surface area contributed by atoms with E-state index in [9.17, 15) is 14.9 Å². The van der Waals surface area contributed by atoms with Crippen LogP contribution in [0, 0.1) is 16.0 Å². The molecule has 2 heterocycles. The Hall–Kier alpha value is -3.30. The Morgan fingerprint density at radius 1 is 1.23 bits per heavy atom. The van der Waals surface area contributed by atoms with Crippen molar-refractivity contribution in [2.24, 2.45) is 5.92 Å². The summed E-state index contributed by atoms with van der Waals surface area (Å²) in [5.41, 5.74) is 1.03. The van der Waals surface area contributed by atoms with E-state index in [1.54, 1.807) is 0 Å². The highest BCUT2D eigenvalue weighted by atomic mass is 35.5. The average molecular weight is 442 g/mol. The molecule has 0 atom stereocenters. The third-order valence-corrected chi connectivity index (χ3v) is 5.57. The van der Waals surface area contributed by atoms with E-state index in [1.165, 1.54) is 18.2 Å². The maximum atomic E-state index is 12.6. The van der Waals surface area contributed by atoms with Gasteiger partial charge in [-0.05, 0) is 32.0 Å². The summed E-state index contributed by atoms with van der Waals surface area (Å²) in [6.07, 6.45) is 1.30. The van der Waals surface area contributed by atoms with E-state index < -0.39 is 4.92 Å². The van der Waals surface area contributed by atoms with Gasteiger partial charge in [0.2, 0.25) is 17.6 Å². The third kappa shape index (κ3) is 5.07. The van der Waals surface area contributed by atoms with Gasteiger partial charge in [0.1, 0.15) is 0 Å². The highest BCUT2D eigenvalue weighted by molar-refractivity contribution is 6.33. The van der Waals surface area contributed by atoms with Gasteiger partial charge in [-0.3, -0.25) is 19.8 Å². The summed E-state index contributed by atoms with van der Waals surface area (Å²) in [6.45, 7) is 1.92. The van der Waals surface area contributed by atoms with E-state index in [0.717, 1.165) is 5.56 Å². The number of benzene rings is 2. The molecule has 1 aliphatic rings. The highest BCUT2D eigenvalue weighted by Crippen LogP contribution is 2.28. The SMILES string of the molecule is O=C(Nc1cc([N+](=O)[O-])ccc1Cl)C1CCN(Cc2nc(-c3ccccc3)no2)CC1. The molecule has 1 aromatic heterocycles. The molecule has 0 radical (unpaired) electrons. The second-order valence-corrected chi connectivity index (χ2v) is 7.75. The summed E-state index contributed by atoms with van der Waals surface area (Å²) in [5, 5.41) is 18.0. The molecule has 4 rings (SSSR count). The topological polar surface area (TPSA) is 114 Å². The van der Waals surface area contributed by atoms with Crippen molar-refractivity contribution in [2.45, 2.75) is 19.4 Å². The van der Waals surface area contributed by atoms with Crippen LogP contribution in [0.3, 0.4) is 0 Å². The monoisotopic (exact) mass is 441 g/mol. The first-order chi connectivity index (χ1) is 15.0. The first-order valence-corrected chi connectivity index (χ1v) is 10.2. The summed E-state index contributed by atoms with van der Waals surface area (Å²) in [6, 6.07) is 13.6. The third-order valence-electron chi connectivity index (χ3n) is 5.24. The Bertz CT molecular complexity index is 1080. The molecule has 3 aromatic rings. The number of nitrogens with one attached hydrogen (secondary N) is 1. The van der Waals surface area contributed by atoms with Crippen molar-refractivity contribution in [1.82, 2.24) is 15.0 Å². The summed E-state index contributed by atoms with van der Waals surface area (Å²) in [4.78, 5) is 29.7. The van der Waals surface area contributed by atoms with E-state index in [0.29, 0.717) is 44.2 Å². The molecule has 9 nitrogen and oxygen atoms in total. The summed E-state index contributed by atoms with van der Waals surface area (Å²) in [7, 11) is 0. The normalized spacial score (nSPS) is 15.0. The van der Waals surface area contributed by atoms with Gasteiger partial charge in [0.05, 0.1) is 22.2 Å². The minimum atomic E-state index is -0.523. The van der Waals surface area contributed by atoms with Gasteiger partial charge in [-0.25, -0.2) is 0 Å². The van der Waals surface area contributed by atoms with Crippen LogP contribution in [0.5, 0.6) is 0 Å². The molecule has 0 spiro atoms. The second-order valence-electron chi connectivity index (χ2n) is 7.34. The second kappa shape index (κ2) is 9.23. The molecule has 2 aromatic carbocycles. The number of halogens is 1. The van der Waals surface area contributed by atoms with Gasteiger partial charge in [-0.15, -0.1) is 0 Å². The van der Waals surface area contributed by atoms with Crippen LogP contribution in [-0.2, 0) is 11.3 Å². The number of anilines is 1. The molecule has 160 valence electrons. The Morgan fingerprint density at radius 2 is 1.97 bits per heavy atom. The first kappa shape index (κ1) is 21.0. The van der Waals surface area contributed by atoms with Crippen molar-refractivity contribution in [3.05, 3.63) is 69.6 Å². The number of carbonyl (C=O) groups is 1. The summed E-state index contributed by atoms with van der Waals surface area (Å²) < 4.78 is 5.37. The van der Waals surface area contributed by atoms with E-state index in [-0.39, 0.29) is 28.2 Å². The number of likely N-dealkylation sites (tertiary alicyclic amines) is 1. The van der Waals surface area contributed by atoms with Gasteiger partial charge in [0, 0.05) is 23.6 Å². The molecule has 0 saturated carbocycles. The van der Waals surface area contributed by atoms with Crippen LogP contribution in [0.25, 0.3) is 11.4 Å². The fraction of sp³-hybridized carbons (Fsp3) is 0.286. The first-order valence-electron chi connectivity index (χ1n) is 9.85. The van der Waals surface area contributed by atoms with Gasteiger partial charge in [0.15, 0.2) is 0 Å². The van der Waals surface area contributed by atoms with Crippen molar-refractivity contribution in [2.75, 3.05) is 18.4 Å². The van der Waals surface area contributed by atoms with Crippen LogP contribution >= 0.6 is 11.6 Å². The number of nitro groups is 1. The quantitative estimate of drug-likeness (QED) is 0.451. The molecule has 0 aliphatic carbocycles. The van der Waals surface area contributed by atoms with Gasteiger partial charge < -0.3 is 9.84 Å². The average Bonchev–Trinajstić information content (AvgIpc) is 3.24. The lowest BCUT2D eigenvalue weighted by molar-refractivity contribution is -0.384. The number of nitro benzene ring substituents is 1. The Balaban J connectivity index is 1.31. The number of carbonyl (C=O) groups excluding carboxylic acids is 1. The maximum Gasteiger partial charge on any atom is 0.271 e. The minimum absolute atomic E-state index is 0.121. The molecular weight excluding hydrogens is 422 g/mol. The smallest absolute Gasteiger partial charge is 0.271 e. The number of nitrogens with zero attached hydrogens (tertiary/aromatic N) is 4. The van der Waals surface area contributed by atoms with Crippen LogP contribution < -0.4 is 5.32 Å². The lowest BCUT2D eigenvalue weighted by atomic mass is 9.96. The van der Waals surface area contributed by atoms with Gasteiger partial charge in [0.25, 0.3) is 5.69 Å². The zero-order valence-electron chi connectivity index (χ0n) is 16.5. The number of piperidine rings is 1. The van der Waals surface area contributed by atoms with E-state index in [2.05, 4.69) is 20.4 Å². The molecule has 10 heteroatoms.